The smallest absolute Gasteiger partial charge is 0.450 e. The number of hydrogen-bond donors (Lipinski definition) is 2. The zero-order valence-electron chi connectivity index (χ0n) is 8.11. The Balaban J connectivity index is 0.000000310. The van der Waals surface area contributed by atoms with Gasteiger partial charge in [-0.2, -0.15) is 0 Å². The summed E-state index contributed by atoms with van der Waals surface area (Å²) in [6, 6.07) is 0. The summed E-state index contributed by atoms with van der Waals surface area (Å²) < 4.78 is 10.4. The zero-order chi connectivity index (χ0) is 10.5. The van der Waals surface area contributed by atoms with Crippen LogP contribution in [0, 0.1) is 0 Å². The number of hydrogen-bond acceptors (Lipinski definition) is 3. The van der Waals surface area contributed by atoms with Crippen LogP contribution in [-0.4, -0.2) is 41.3 Å². The van der Waals surface area contributed by atoms with E-state index in [1.165, 1.54) is 0 Å². The molecule has 0 aliphatic carbocycles. The van der Waals surface area contributed by atoms with E-state index >= 15 is 0 Å². The molecular formula is C8H16O5. The van der Waals surface area contributed by atoms with Crippen LogP contribution >= 0.6 is 0 Å². The summed E-state index contributed by atoms with van der Waals surface area (Å²) in [4.78, 5) is 8.56. The van der Waals surface area contributed by atoms with Crippen molar-refractivity contribution in [2.24, 2.45) is 0 Å². The average molecular weight is 192 g/mol. The van der Waals surface area contributed by atoms with Crippen LogP contribution in [0.4, 0.5) is 4.79 Å². The first-order valence-electron chi connectivity index (χ1n) is 3.99. The van der Waals surface area contributed by atoms with Crippen molar-refractivity contribution < 1.29 is 24.5 Å². The molecule has 0 amide bonds. The Morgan fingerprint density at radius 3 is 2.15 bits per heavy atom. The minimum atomic E-state index is -1.83. The molecule has 1 aliphatic heterocycles. The van der Waals surface area contributed by atoms with Gasteiger partial charge in [0.05, 0.1) is 18.8 Å². The second-order valence-corrected chi connectivity index (χ2v) is 3.66. The molecule has 0 saturated carbocycles. The highest BCUT2D eigenvalue weighted by Crippen LogP contribution is 2.14. The lowest BCUT2D eigenvalue weighted by Gasteiger charge is -2.18. The van der Waals surface area contributed by atoms with E-state index in [0.717, 1.165) is 13.2 Å². The van der Waals surface area contributed by atoms with Gasteiger partial charge in [-0.25, -0.2) is 4.79 Å². The maximum absolute atomic E-state index is 8.56. The second-order valence-electron chi connectivity index (χ2n) is 3.66. The molecule has 5 nitrogen and oxygen atoms in total. The van der Waals surface area contributed by atoms with Gasteiger partial charge in [0.1, 0.15) is 6.10 Å². The molecule has 0 aromatic carbocycles. The van der Waals surface area contributed by atoms with Crippen molar-refractivity contribution in [2.75, 3.05) is 13.2 Å². The van der Waals surface area contributed by atoms with E-state index in [4.69, 9.17) is 24.5 Å². The summed E-state index contributed by atoms with van der Waals surface area (Å²) in [6.45, 7) is 7.79. The van der Waals surface area contributed by atoms with E-state index in [1.807, 2.05) is 0 Å². The van der Waals surface area contributed by atoms with Gasteiger partial charge >= 0.3 is 6.16 Å². The molecule has 1 unspecified atom stereocenters. The first-order chi connectivity index (χ1) is 5.81. The number of carboxylic acid groups (broad SMARTS) is 2. The molecule has 1 fully saturated rings. The van der Waals surface area contributed by atoms with Gasteiger partial charge in [-0.05, 0) is 20.8 Å². The van der Waals surface area contributed by atoms with Gasteiger partial charge in [0.2, 0.25) is 0 Å². The lowest BCUT2D eigenvalue weighted by Crippen LogP contribution is -2.21. The van der Waals surface area contributed by atoms with Gasteiger partial charge in [0.25, 0.3) is 0 Å². The Morgan fingerprint density at radius 2 is 1.92 bits per heavy atom. The Kier molecular flexibility index (Phi) is 4.72. The quantitative estimate of drug-likeness (QED) is 0.647. The fourth-order valence-electron chi connectivity index (χ4n) is 0.507. The summed E-state index contributed by atoms with van der Waals surface area (Å²) in [6.07, 6.45) is -1.44. The van der Waals surface area contributed by atoms with Crippen LogP contribution in [0.3, 0.4) is 0 Å². The van der Waals surface area contributed by atoms with Gasteiger partial charge in [-0.1, -0.05) is 0 Å². The van der Waals surface area contributed by atoms with Gasteiger partial charge in [-0.3, -0.25) is 0 Å². The van der Waals surface area contributed by atoms with E-state index in [-0.39, 0.29) is 5.60 Å². The molecular weight excluding hydrogens is 176 g/mol. The summed E-state index contributed by atoms with van der Waals surface area (Å²) in [5, 5.41) is 13.9. The topological polar surface area (TPSA) is 79.3 Å². The van der Waals surface area contributed by atoms with Crippen molar-refractivity contribution in [3.8, 4) is 0 Å². The fraction of sp³-hybridized carbons (Fsp3) is 0.875. The van der Waals surface area contributed by atoms with Gasteiger partial charge in [0.15, 0.2) is 0 Å². The fourth-order valence-corrected chi connectivity index (χ4v) is 0.507. The summed E-state index contributed by atoms with van der Waals surface area (Å²) >= 11 is 0. The maximum Gasteiger partial charge on any atom is 0.503 e. The van der Waals surface area contributed by atoms with Gasteiger partial charge in [-0.15, -0.1) is 0 Å². The maximum atomic E-state index is 8.56. The molecule has 0 bridgehead atoms. The highest BCUT2D eigenvalue weighted by atomic mass is 16.6. The lowest BCUT2D eigenvalue weighted by atomic mass is 10.2. The van der Waals surface area contributed by atoms with E-state index in [0.29, 0.717) is 6.10 Å². The largest absolute Gasteiger partial charge is 0.503 e. The van der Waals surface area contributed by atoms with Crippen LogP contribution < -0.4 is 0 Å². The molecule has 1 rings (SSSR count). The molecule has 78 valence electrons. The standard InChI is InChI=1S/C7H14O2.CH2O3/c1-7(2,3)9-5-6-4-8-6;2-1(3)4/h6H,4-5H2,1-3H3;(H2,2,3,4). The number of rotatable bonds is 2. The molecule has 1 saturated heterocycles. The van der Waals surface area contributed by atoms with Crippen molar-refractivity contribution in [1.29, 1.82) is 0 Å². The summed E-state index contributed by atoms with van der Waals surface area (Å²) in [7, 11) is 0. The van der Waals surface area contributed by atoms with E-state index in [9.17, 15) is 0 Å². The molecule has 0 spiro atoms. The molecule has 1 aliphatic rings. The molecule has 5 heteroatoms. The Morgan fingerprint density at radius 1 is 1.54 bits per heavy atom. The predicted molar refractivity (Wildman–Crippen MR) is 46.1 cm³/mol. The molecule has 0 radical (unpaired) electrons. The van der Waals surface area contributed by atoms with E-state index in [2.05, 4.69) is 20.8 Å². The first-order valence-corrected chi connectivity index (χ1v) is 3.99. The molecule has 2 N–H and O–H groups in total. The zero-order valence-corrected chi connectivity index (χ0v) is 8.11. The SMILES string of the molecule is CC(C)(C)OCC1CO1.O=C(O)O. The highest BCUT2D eigenvalue weighted by Gasteiger charge is 2.24. The number of epoxide rings is 1. The van der Waals surface area contributed by atoms with Crippen LogP contribution in [0.25, 0.3) is 0 Å². The first kappa shape index (κ1) is 12.2. The monoisotopic (exact) mass is 192 g/mol. The van der Waals surface area contributed by atoms with Crippen molar-refractivity contribution >= 4 is 6.16 Å². The van der Waals surface area contributed by atoms with Crippen LogP contribution in [0.1, 0.15) is 20.8 Å². The summed E-state index contributed by atoms with van der Waals surface area (Å²) in [5.74, 6) is 0. The average Bonchev–Trinajstić information content (AvgIpc) is 2.61. The summed E-state index contributed by atoms with van der Waals surface area (Å²) in [5.41, 5.74) is -0.00799. The molecule has 0 aromatic rings. The van der Waals surface area contributed by atoms with E-state index < -0.39 is 6.16 Å². The van der Waals surface area contributed by atoms with Crippen LogP contribution in [0.15, 0.2) is 0 Å². The highest BCUT2D eigenvalue weighted by molar-refractivity contribution is 5.53. The van der Waals surface area contributed by atoms with Gasteiger partial charge in [0, 0.05) is 0 Å². The van der Waals surface area contributed by atoms with Crippen LogP contribution in [-0.2, 0) is 9.47 Å². The normalized spacial score (nSPS) is 20.1. The molecule has 0 aromatic heterocycles. The van der Waals surface area contributed by atoms with Crippen LogP contribution in [0.5, 0.6) is 0 Å². The van der Waals surface area contributed by atoms with Crippen molar-refractivity contribution in [3.63, 3.8) is 0 Å². The van der Waals surface area contributed by atoms with Gasteiger partial charge < -0.3 is 19.7 Å². The van der Waals surface area contributed by atoms with Crippen molar-refractivity contribution in [1.82, 2.24) is 0 Å². The predicted octanol–water partition coefficient (Wildman–Crippen LogP) is 1.42. The second kappa shape index (κ2) is 5.04. The third-order valence-electron chi connectivity index (χ3n) is 1.10. The molecule has 13 heavy (non-hydrogen) atoms. The van der Waals surface area contributed by atoms with Crippen molar-refractivity contribution in [2.45, 2.75) is 32.5 Å². The third kappa shape index (κ3) is 14.1. The Bertz CT molecular complexity index is 152. The minimum Gasteiger partial charge on any atom is -0.450 e. The van der Waals surface area contributed by atoms with Crippen LogP contribution in [0.2, 0.25) is 0 Å². The molecule has 1 atom stereocenters. The number of carbonyl (C=O) groups is 1. The number of ether oxygens (including phenoxy) is 2. The van der Waals surface area contributed by atoms with Crippen molar-refractivity contribution in [3.05, 3.63) is 0 Å². The lowest BCUT2D eigenvalue weighted by molar-refractivity contribution is -0.0104. The molecule has 1 heterocycles. The minimum absolute atomic E-state index is 0.00799. The third-order valence-corrected chi connectivity index (χ3v) is 1.10. The Labute approximate surface area is 77.3 Å². The van der Waals surface area contributed by atoms with E-state index in [1.54, 1.807) is 0 Å². The Hall–Kier alpha value is -0.810.